The Morgan fingerprint density at radius 1 is 0.912 bits per heavy atom. The Labute approximate surface area is 187 Å². The smallest absolute Gasteiger partial charge is 0.280 e. The number of ether oxygens (including phenoxy) is 1. The monoisotopic (exact) mass is 468 g/mol. The summed E-state index contributed by atoms with van der Waals surface area (Å²) < 4.78 is 62.6. The molecule has 1 N–H and O–H groups in total. The van der Waals surface area contributed by atoms with Gasteiger partial charge in [0.05, 0.1) is 23.8 Å². The second-order valence-electron chi connectivity index (χ2n) is 7.22. The zero-order valence-electron chi connectivity index (χ0n) is 17.0. The topological polar surface area (TPSA) is 98.6 Å². The van der Waals surface area contributed by atoms with Crippen molar-refractivity contribution in [3.05, 3.63) is 94.0 Å². The molecule has 170 valence electrons. The molecule has 0 fully saturated rings. The third-order valence-electron chi connectivity index (χ3n) is 4.97. The molecule has 5 rings (SSSR count). The van der Waals surface area contributed by atoms with Gasteiger partial charge in [0, 0.05) is 29.3 Å². The molecule has 0 saturated carbocycles. The highest BCUT2D eigenvalue weighted by Crippen LogP contribution is 2.29. The van der Waals surface area contributed by atoms with Crippen LogP contribution in [0.15, 0.2) is 59.7 Å². The minimum absolute atomic E-state index is 0.0951. The van der Waals surface area contributed by atoms with E-state index in [1.54, 1.807) is 0 Å². The summed E-state index contributed by atoms with van der Waals surface area (Å²) in [6, 6.07) is 9.33. The second kappa shape index (κ2) is 8.39. The number of H-pyrrole nitrogens is 1. The fourth-order valence-corrected chi connectivity index (χ4v) is 3.44. The van der Waals surface area contributed by atoms with Crippen molar-refractivity contribution in [2.75, 3.05) is 0 Å². The first-order chi connectivity index (χ1) is 16.4. The summed E-state index contributed by atoms with van der Waals surface area (Å²) in [5.41, 5.74) is -0.371. The number of benzene rings is 3. The van der Waals surface area contributed by atoms with Crippen LogP contribution in [0, 0.1) is 23.3 Å². The van der Waals surface area contributed by atoms with Crippen LogP contribution in [0.1, 0.15) is 5.56 Å². The fourth-order valence-electron chi connectivity index (χ4n) is 3.44. The van der Waals surface area contributed by atoms with Crippen molar-refractivity contribution in [2.24, 2.45) is 0 Å². The molecule has 0 saturated heterocycles. The zero-order valence-corrected chi connectivity index (χ0v) is 17.0. The maximum Gasteiger partial charge on any atom is 0.280 e. The molecule has 0 aliphatic carbocycles. The van der Waals surface area contributed by atoms with E-state index in [4.69, 9.17) is 4.74 Å². The minimum atomic E-state index is -1.06. The van der Waals surface area contributed by atoms with Crippen LogP contribution in [0.25, 0.3) is 22.3 Å². The van der Waals surface area contributed by atoms with E-state index in [2.05, 4.69) is 25.6 Å². The molecule has 0 spiro atoms. The van der Waals surface area contributed by atoms with Crippen LogP contribution in [0.3, 0.4) is 0 Å². The average molecular weight is 468 g/mol. The summed E-state index contributed by atoms with van der Waals surface area (Å²) in [6.45, 7) is -0.333. The van der Waals surface area contributed by atoms with E-state index in [0.29, 0.717) is 23.2 Å². The Morgan fingerprint density at radius 2 is 1.68 bits per heavy atom. The Kier molecular flexibility index (Phi) is 5.24. The van der Waals surface area contributed by atoms with Crippen LogP contribution in [0.2, 0.25) is 0 Å². The number of aromatic amines is 1. The zero-order chi connectivity index (χ0) is 23.8. The van der Waals surface area contributed by atoms with Crippen LogP contribution in [-0.2, 0) is 6.54 Å². The molecule has 8 nitrogen and oxygen atoms in total. The van der Waals surface area contributed by atoms with Crippen molar-refractivity contribution in [1.82, 2.24) is 30.2 Å². The van der Waals surface area contributed by atoms with Crippen LogP contribution in [0.5, 0.6) is 11.5 Å². The maximum absolute atomic E-state index is 14.1. The predicted octanol–water partition coefficient (Wildman–Crippen LogP) is 3.97. The molecule has 0 bridgehead atoms. The molecule has 0 radical (unpaired) electrons. The highest BCUT2D eigenvalue weighted by Gasteiger charge is 2.15. The number of tetrazole rings is 1. The first-order valence-electron chi connectivity index (χ1n) is 9.72. The maximum atomic E-state index is 14.1. The van der Waals surface area contributed by atoms with Gasteiger partial charge in [-0.3, -0.25) is 4.79 Å². The largest absolute Gasteiger partial charge is 0.457 e. The van der Waals surface area contributed by atoms with Gasteiger partial charge >= 0.3 is 0 Å². The standard InChI is InChI=1S/C22H12F4N6O2/c23-12-3-11(21-28-30-31-29-21)4-15(5-12)34-14-1-2-20-16(8-14)22(33)27-10-32(20)9-17-18(25)6-13(24)7-19(17)26/h1-8,10H,9H2,(H,28,29,30,31). The van der Waals surface area contributed by atoms with Crippen molar-refractivity contribution in [3.63, 3.8) is 0 Å². The summed E-state index contributed by atoms with van der Waals surface area (Å²) >= 11 is 0. The Bertz CT molecular complexity index is 1560. The molecule has 12 heteroatoms. The van der Waals surface area contributed by atoms with Gasteiger partial charge in [0.15, 0.2) is 0 Å². The second-order valence-corrected chi connectivity index (χ2v) is 7.22. The van der Waals surface area contributed by atoms with Gasteiger partial charge in [-0.05, 0) is 35.5 Å². The fraction of sp³-hybridized carbons (Fsp3) is 0.0455. The summed E-state index contributed by atoms with van der Waals surface area (Å²) in [5, 5.41) is 13.4. The summed E-state index contributed by atoms with van der Waals surface area (Å²) in [6.07, 6.45) is 1.14. The lowest BCUT2D eigenvalue weighted by Gasteiger charge is -2.13. The first kappa shape index (κ1) is 21.2. The molecule has 0 amide bonds. The molecule has 0 aliphatic rings. The Hall–Kier alpha value is -4.61. The average Bonchev–Trinajstić information content (AvgIpc) is 3.32. The highest BCUT2D eigenvalue weighted by atomic mass is 19.1. The molecule has 0 aliphatic heterocycles. The van der Waals surface area contributed by atoms with Crippen molar-refractivity contribution in [3.8, 4) is 22.9 Å². The summed E-state index contributed by atoms with van der Waals surface area (Å²) in [5.74, 6) is -3.31. The number of rotatable bonds is 5. The molecule has 2 heterocycles. The molecule has 2 aromatic heterocycles. The van der Waals surface area contributed by atoms with Gasteiger partial charge in [0.1, 0.15) is 34.8 Å². The lowest BCUT2D eigenvalue weighted by Crippen LogP contribution is -2.14. The van der Waals surface area contributed by atoms with Crippen LogP contribution in [0.4, 0.5) is 17.6 Å². The third kappa shape index (κ3) is 4.08. The van der Waals surface area contributed by atoms with Crippen molar-refractivity contribution in [2.45, 2.75) is 6.54 Å². The molecule has 5 aromatic rings. The molecular formula is C22H12F4N6O2. The summed E-state index contributed by atoms with van der Waals surface area (Å²) in [7, 11) is 0. The number of halogens is 4. The van der Waals surface area contributed by atoms with Crippen molar-refractivity contribution in [1.29, 1.82) is 0 Å². The minimum Gasteiger partial charge on any atom is -0.457 e. The lowest BCUT2D eigenvalue weighted by molar-refractivity contribution is 0.477. The van der Waals surface area contributed by atoms with Gasteiger partial charge in [-0.25, -0.2) is 17.6 Å². The number of hydrogen-bond acceptors (Lipinski definition) is 6. The Morgan fingerprint density at radius 3 is 2.41 bits per heavy atom. The molecular weight excluding hydrogens is 456 g/mol. The Balaban J connectivity index is 1.50. The first-order valence-corrected chi connectivity index (χ1v) is 9.72. The van der Waals surface area contributed by atoms with E-state index in [1.807, 2.05) is 0 Å². The van der Waals surface area contributed by atoms with Gasteiger partial charge < -0.3 is 9.30 Å². The van der Waals surface area contributed by atoms with Gasteiger partial charge in [0.2, 0.25) is 5.82 Å². The number of fused-ring (bicyclic) bond motifs is 1. The van der Waals surface area contributed by atoms with Gasteiger partial charge in [0.25, 0.3) is 5.56 Å². The van der Waals surface area contributed by atoms with Crippen molar-refractivity contribution < 1.29 is 22.3 Å². The van der Waals surface area contributed by atoms with Crippen LogP contribution in [-0.4, -0.2) is 30.2 Å². The number of nitrogens with zero attached hydrogens (tertiary/aromatic N) is 5. The van der Waals surface area contributed by atoms with Gasteiger partial charge in [-0.15, -0.1) is 10.2 Å². The third-order valence-corrected chi connectivity index (χ3v) is 4.97. The van der Waals surface area contributed by atoms with E-state index in [0.717, 1.165) is 12.4 Å². The number of aromatic nitrogens is 6. The quantitative estimate of drug-likeness (QED) is 0.392. The number of hydrogen-bond donors (Lipinski definition) is 1. The van der Waals surface area contributed by atoms with Gasteiger partial charge in [-0.2, -0.15) is 10.2 Å². The number of nitrogens with one attached hydrogen (secondary N) is 1. The molecule has 0 atom stereocenters. The van der Waals surface area contributed by atoms with Crippen LogP contribution < -0.4 is 10.3 Å². The van der Waals surface area contributed by atoms with E-state index in [1.165, 1.54) is 34.9 Å². The van der Waals surface area contributed by atoms with E-state index in [9.17, 15) is 22.4 Å². The van der Waals surface area contributed by atoms with Gasteiger partial charge in [-0.1, -0.05) is 0 Å². The highest BCUT2D eigenvalue weighted by molar-refractivity contribution is 5.79. The van der Waals surface area contributed by atoms with E-state index < -0.39 is 28.8 Å². The molecule has 0 unspecified atom stereocenters. The molecule has 3 aromatic carbocycles. The van der Waals surface area contributed by atoms with E-state index in [-0.39, 0.29) is 34.8 Å². The normalized spacial score (nSPS) is 11.2. The van der Waals surface area contributed by atoms with Crippen LogP contribution >= 0.6 is 0 Å². The molecule has 34 heavy (non-hydrogen) atoms. The van der Waals surface area contributed by atoms with Crippen molar-refractivity contribution >= 4 is 10.9 Å². The predicted molar refractivity (Wildman–Crippen MR) is 111 cm³/mol. The summed E-state index contributed by atoms with van der Waals surface area (Å²) in [4.78, 5) is 16.1. The van der Waals surface area contributed by atoms with E-state index >= 15 is 0 Å². The SMILES string of the molecule is O=c1ncn(Cc2c(F)cc(F)cc2F)c2ccc(Oc3cc(F)cc(-c4nn[nH]n4)c3)cc12. The lowest BCUT2D eigenvalue weighted by atomic mass is 10.1.